The summed E-state index contributed by atoms with van der Waals surface area (Å²) < 4.78 is 15.1. The average molecular weight is 1020 g/mol. The van der Waals surface area contributed by atoms with Crippen LogP contribution in [-0.2, 0) is 32.5 Å². The number of fused-ring (bicyclic) bond motifs is 15. The lowest BCUT2D eigenvalue weighted by Crippen LogP contribution is -2.61. The van der Waals surface area contributed by atoms with Gasteiger partial charge in [-0.25, -0.2) is 0 Å². The number of hydrogen-bond acceptors (Lipinski definition) is 4. The fourth-order valence-electron chi connectivity index (χ4n) is 15.1. The van der Waals surface area contributed by atoms with Gasteiger partial charge in [0.15, 0.2) is 0 Å². The summed E-state index contributed by atoms with van der Waals surface area (Å²) >= 11 is 0. The molecule has 0 N–H and O–H groups in total. The second-order valence-electron chi connectivity index (χ2n) is 28.2. The summed E-state index contributed by atoms with van der Waals surface area (Å²) in [4.78, 5) is 5.22. The van der Waals surface area contributed by atoms with E-state index in [-0.39, 0.29) is 39.3 Å². The lowest BCUT2D eigenvalue weighted by molar-refractivity contribution is 0.331. The van der Waals surface area contributed by atoms with Crippen LogP contribution in [0, 0.1) is 0 Å². The van der Waals surface area contributed by atoms with Crippen LogP contribution >= 0.6 is 0 Å². The minimum atomic E-state index is -0.355. The molecule has 3 aliphatic carbocycles. The molecular formula is C73H71BN2O2. The maximum absolute atomic E-state index is 7.79. The summed E-state index contributed by atoms with van der Waals surface area (Å²) in [7, 11) is 0. The third kappa shape index (κ3) is 6.54. The highest BCUT2D eigenvalue weighted by Gasteiger charge is 2.52. The zero-order chi connectivity index (χ0) is 54.0. The van der Waals surface area contributed by atoms with E-state index in [2.05, 4.69) is 245 Å². The molecule has 0 unspecified atom stereocenters. The van der Waals surface area contributed by atoms with Gasteiger partial charge < -0.3 is 18.5 Å². The zero-order valence-electron chi connectivity index (χ0n) is 48.0. The van der Waals surface area contributed by atoms with Crippen LogP contribution in [0.5, 0.6) is 0 Å². The van der Waals surface area contributed by atoms with Crippen molar-refractivity contribution in [1.82, 2.24) is 0 Å². The molecule has 2 aliphatic heterocycles. The monoisotopic (exact) mass is 1020 g/mol. The number of anilines is 5. The summed E-state index contributed by atoms with van der Waals surface area (Å²) in [6.07, 6.45) is 4.60. The quantitative estimate of drug-likeness (QED) is 0.165. The molecule has 10 aromatic rings. The second-order valence-corrected chi connectivity index (χ2v) is 28.2. The predicted octanol–water partition coefficient (Wildman–Crippen LogP) is 19.0. The fraction of sp³-hybridized carbons (Fsp3) is 0.315. The Balaban J connectivity index is 1.09. The smallest absolute Gasteiger partial charge is 0.376 e. The number of hydrogen-bond donors (Lipinski definition) is 0. The molecule has 0 fully saturated rings. The first-order valence-electron chi connectivity index (χ1n) is 28.9. The van der Waals surface area contributed by atoms with E-state index in [1.807, 2.05) is 0 Å². The molecule has 0 saturated heterocycles. The molecule has 388 valence electrons. The molecule has 0 bridgehead atoms. The second kappa shape index (κ2) is 15.5. The topological polar surface area (TPSA) is 32.8 Å². The highest BCUT2D eigenvalue weighted by molar-refractivity contribution is 6.93. The molecule has 78 heavy (non-hydrogen) atoms. The van der Waals surface area contributed by atoms with E-state index < -0.39 is 0 Å². The van der Waals surface area contributed by atoms with Crippen molar-refractivity contribution in [2.24, 2.45) is 0 Å². The fourth-order valence-corrected chi connectivity index (χ4v) is 15.1. The van der Waals surface area contributed by atoms with Crippen LogP contribution in [-0.4, -0.2) is 6.85 Å². The Morgan fingerprint density at radius 3 is 1.68 bits per heavy atom. The van der Waals surface area contributed by atoms with Gasteiger partial charge in [-0.15, -0.1) is 0 Å². The van der Waals surface area contributed by atoms with Crippen molar-refractivity contribution in [2.75, 3.05) is 9.71 Å². The van der Waals surface area contributed by atoms with Gasteiger partial charge in [-0.3, -0.25) is 0 Å². The largest absolute Gasteiger partial charge is 0.466 e. The minimum Gasteiger partial charge on any atom is -0.466 e. The van der Waals surface area contributed by atoms with Gasteiger partial charge in [0.25, 0.3) is 0 Å². The number of para-hydroxylation sites is 1. The molecule has 2 aromatic heterocycles. The normalized spacial score (nSPS) is 18.6. The number of rotatable bonds is 3. The molecular weight excluding hydrogens is 948 g/mol. The van der Waals surface area contributed by atoms with E-state index in [0.717, 1.165) is 79.7 Å². The van der Waals surface area contributed by atoms with Gasteiger partial charge in [0, 0.05) is 55.5 Å². The molecule has 0 radical (unpaired) electrons. The first kappa shape index (κ1) is 47.9. The molecule has 5 aliphatic rings. The molecule has 8 aromatic carbocycles. The third-order valence-electron chi connectivity index (χ3n) is 20.1. The standard InChI is InChI=1S/C73H71BN2O2/c1-68(2,3)44-25-29-45(30-26-44)75-60-38-50-47-21-17-18-22-61(47)77-66(50)63-51-35-48-49-36-55-57(71(8,9)33-31-69(55,4)5)39-53(49)73(12,13)54(48)40-59(51)76(46-27-23-43(24-28-46)42-19-15-14-16-20-42)74(64(60)63)67-65(75)52-37-56-58(41-62(52)78-67)72(10,11)34-32-70(56,6)7/h14-30,35-41H,31-34H2,1-13H3. The lowest BCUT2D eigenvalue weighted by Gasteiger charge is -2.44. The molecule has 15 rings (SSSR count). The van der Waals surface area contributed by atoms with Gasteiger partial charge in [-0.1, -0.05) is 169 Å². The molecule has 4 nitrogen and oxygen atoms in total. The van der Waals surface area contributed by atoms with E-state index in [1.165, 1.54) is 90.8 Å². The van der Waals surface area contributed by atoms with Crippen LogP contribution in [0.15, 0.2) is 154 Å². The van der Waals surface area contributed by atoms with Gasteiger partial charge in [0.1, 0.15) is 22.4 Å². The van der Waals surface area contributed by atoms with Crippen molar-refractivity contribution in [3.8, 4) is 33.4 Å². The Morgan fingerprint density at radius 2 is 1.01 bits per heavy atom. The Kier molecular flexibility index (Phi) is 9.54. The number of nitrogens with zero attached hydrogens (tertiary/aromatic N) is 2. The van der Waals surface area contributed by atoms with Crippen molar-refractivity contribution >= 4 is 79.3 Å². The maximum atomic E-state index is 7.79. The first-order chi connectivity index (χ1) is 37.0. The minimum absolute atomic E-state index is 0.00231. The van der Waals surface area contributed by atoms with Gasteiger partial charge in [-0.05, 0) is 186 Å². The SMILES string of the molecule is CC(C)(C)c1ccc(N2c3cc4c(oc5ccccc54)c4c3B(c3oc5cc6c(cc5c32)C(C)(C)CCC6(C)C)N(c2ccc(-c3ccccc3)cc2)c2cc3c(cc2-4)-c2cc4c(cc2C3(C)C)C(C)(C)CCC4(C)C)cc1. The molecule has 0 atom stereocenters. The van der Waals surface area contributed by atoms with Crippen LogP contribution in [0.1, 0.15) is 155 Å². The van der Waals surface area contributed by atoms with Crippen molar-refractivity contribution in [2.45, 2.75) is 148 Å². The van der Waals surface area contributed by atoms with Crippen LogP contribution in [0.2, 0.25) is 0 Å². The highest BCUT2D eigenvalue weighted by atomic mass is 16.3. The van der Waals surface area contributed by atoms with E-state index in [1.54, 1.807) is 0 Å². The Morgan fingerprint density at radius 1 is 0.449 bits per heavy atom. The van der Waals surface area contributed by atoms with Crippen molar-refractivity contribution in [1.29, 1.82) is 0 Å². The van der Waals surface area contributed by atoms with E-state index in [0.29, 0.717) is 0 Å². The predicted molar refractivity (Wildman–Crippen MR) is 329 cm³/mol. The summed E-state index contributed by atoms with van der Waals surface area (Å²) in [6.45, 7) is 31.1. The summed E-state index contributed by atoms with van der Waals surface area (Å²) in [6, 6.07) is 56.0. The lowest BCUT2D eigenvalue weighted by atomic mass is 9.45. The van der Waals surface area contributed by atoms with Crippen LogP contribution in [0.25, 0.3) is 66.3 Å². The van der Waals surface area contributed by atoms with Gasteiger partial charge in [0.2, 0.25) is 0 Å². The van der Waals surface area contributed by atoms with Crippen LogP contribution < -0.4 is 20.8 Å². The van der Waals surface area contributed by atoms with E-state index in [4.69, 9.17) is 8.83 Å². The molecule has 5 heteroatoms. The van der Waals surface area contributed by atoms with E-state index in [9.17, 15) is 0 Å². The summed E-state index contributed by atoms with van der Waals surface area (Å²) in [5.74, 6) is 0. The van der Waals surface area contributed by atoms with Crippen molar-refractivity contribution in [3.63, 3.8) is 0 Å². The summed E-state index contributed by atoms with van der Waals surface area (Å²) in [5.41, 5.74) is 27.8. The number of benzene rings is 8. The molecule has 0 amide bonds. The average Bonchev–Trinajstić information content (AvgIpc) is 2.42. The van der Waals surface area contributed by atoms with Crippen LogP contribution in [0.4, 0.5) is 28.4 Å². The van der Waals surface area contributed by atoms with Gasteiger partial charge in [-0.2, -0.15) is 0 Å². The van der Waals surface area contributed by atoms with E-state index >= 15 is 0 Å². The third-order valence-corrected chi connectivity index (χ3v) is 20.1. The number of furan rings is 2. The van der Waals surface area contributed by atoms with Gasteiger partial charge in [0.05, 0.1) is 5.69 Å². The highest BCUT2D eigenvalue weighted by Crippen LogP contribution is 2.60. The molecule has 0 saturated carbocycles. The molecule has 0 spiro atoms. The van der Waals surface area contributed by atoms with Crippen LogP contribution in [0.3, 0.4) is 0 Å². The first-order valence-corrected chi connectivity index (χ1v) is 28.9. The Labute approximate surface area is 461 Å². The van der Waals surface area contributed by atoms with Crippen molar-refractivity contribution < 1.29 is 8.83 Å². The summed E-state index contributed by atoms with van der Waals surface area (Å²) in [5, 5.41) is 3.40. The maximum Gasteiger partial charge on any atom is 0.376 e. The Bertz CT molecular complexity index is 4210. The zero-order valence-corrected chi connectivity index (χ0v) is 48.0. The molecule has 4 heterocycles. The van der Waals surface area contributed by atoms with Crippen molar-refractivity contribution in [3.05, 3.63) is 185 Å². The van der Waals surface area contributed by atoms with Gasteiger partial charge >= 0.3 is 6.85 Å². The Hall–Kier alpha value is -7.24.